The van der Waals surface area contributed by atoms with Crippen molar-refractivity contribution in [2.45, 2.75) is 13.8 Å². The Morgan fingerprint density at radius 1 is 1.00 bits per heavy atom. The average molecular weight is 307 g/mol. The van der Waals surface area contributed by atoms with Gasteiger partial charge in [-0.05, 0) is 38.1 Å². The molecule has 1 heterocycles. The molecule has 0 bridgehead atoms. The highest BCUT2D eigenvalue weighted by atomic mass is 35.5. The number of hydrogen-bond acceptors (Lipinski definition) is 2. The average Bonchev–Trinajstić information content (AvgIpc) is 2.47. The third-order valence-electron chi connectivity index (χ3n) is 3.38. The minimum Gasteiger partial charge on any atom is -0.336 e. The van der Waals surface area contributed by atoms with E-state index in [1.54, 1.807) is 40.1 Å². The molecule has 1 aromatic carbocycles. The summed E-state index contributed by atoms with van der Waals surface area (Å²) in [5.74, 6) is 0.00886. The monoisotopic (exact) mass is 306 g/mol. The second-order valence-corrected chi connectivity index (χ2v) is 5.78. The van der Waals surface area contributed by atoms with Crippen molar-refractivity contribution in [3.05, 3.63) is 46.5 Å². The Kier molecular flexibility index (Phi) is 5.02. The van der Waals surface area contributed by atoms with Crippen LogP contribution in [0.4, 0.5) is 0 Å². The molecule has 2 rings (SSSR count). The van der Waals surface area contributed by atoms with Gasteiger partial charge in [-0.15, -0.1) is 0 Å². The number of carbonyl (C=O) groups is 2. The zero-order valence-corrected chi connectivity index (χ0v) is 13.1. The number of allylic oxidation sites excluding steroid dienone is 1. The number of amides is 2. The minimum absolute atomic E-state index is 0.0130. The molecule has 1 aromatic rings. The molecule has 0 aliphatic carbocycles. The Bertz CT molecular complexity index is 554. The Labute approximate surface area is 130 Å². The summed E-state index contributed by atoms with van der Waals surface area (Å²) in [5, 5.41) is 0.615. The third-order valence-corrected chi connectivity index (χ3v) is 3.63. The van der Waals surface area contributed by atoms with E-state index in [9.17, 15) is 9.59 Å². The summed E-state index contributed by atoms with van der Waals surface area (Å²) in [4.78, 5) is 27.8. The zero-order chi connectivity index (χ0) is 15.4. The van der Waals surface area contributed by atoms with Crippen LogP contribution in [-0.4, -0.2) is 47.8 Å². The van der Waals surface area contributed by atoms with Crippen LogP contribution in [0.3, 0.4) is 0 Å². The van der Waals surface area contributed by atoms with Crippen LogP contribution in [0.5, 0.6) is 0 Å². The lowest BCUT2D eigenvalue weighted by atomic mass is 10.2. The van der Waals surface area contributed by atoms with Crippen LogP contribution in [0.25, 0.3) is 0 Å². The first-order valence-electron chi connectivity index (χ1n) is 6.96. The predicted octanol–water partition coefficient (Wildman–Crippen LogP) is 2.59. The maximum Gasteiger partial charge on any atom is 0.253 e. The second kappa shape index (κ2) is 6.76. The van der Waals surface area contributed by atoms with Gasteiger partial charge in [-0.3, -0.25) is 9.59 Å². The zero-order valence-electron chi connectivity index (χ0n) is 12.3. The highest BCUT2D eigenvalue weighted by Gasteiger charge is 2.23. The Hall–Kier alpha value is -1.81. The van der Waals surface area contributed by atoms with E-state index in [1.807, 2.05) is 13.8 Å². The number of carbonyl (C=O) groups excluding carboxylic acids is 2. The van der Waals surface area contributed by atoms with Gasteiger partial charge in [0.1, 0.15) is 0 Å². The number of piperazine rings is 1. The summed E-state index contributed by atoms with van der Waals surface area (Å²) in [6.07, 6.45) is 1.64. The van der Waals surface area contributed by atoms with Crippen LogP contribution >= 0.6 is 11.6 Å². The van der Waals surface area contributed by atoms with E-state index in [4.69, 9.17) is 11.6 Å². The van der Waals surface area contributed by atoms with E-state index in [1.165, 1.54) is 0 Å². The standard InChI is InChI=1S/C16H19ClN2O2/c1-12(2)11-15(20)18-7-9-19(10-8-18)16(21)13-3-5-14(17)6-4-13/h3-6,11H,7-10H2,1-2H3. The lowest BCUT2D eigenvalue weighted by Gasteiger charge is -2.34. The fraction of sp³-hybridized carbons (Fsp3) is 0.375. The molecule has 1 saturated heterocycles. The molecule has 21 heavy (non-hydrogen) atoms. The van der Waals surface area contributed by atoms with Gasteiger partial charge >= 0.3 is 0 Å². The molecule has 0 N–H and O–H groups in total. The highest BCUT2D eigenvalue weighted by Crippen LogP contribution is 2.13. The normalized spacial score (nSPS) is 14.8. The molecule has 0 radical (unpaired) electrons. The Morgan fingerprint density at radius 2 is 1.52 bits per heavy atom. The first-order chi connectivity index (χ1) is 9.97. The van der Waals surface area contributed by atoms with Crippen LogP contribution in [0.1, 0.15) is 24.2 Å². The molecule has 1 aliphatic rings. The van der Waals surface area contributed by atoms with E-state index in [-0.39, 0.29) is 11.8 Å². The van der Waals surface area contributed by atoms with Crippen molar-refractivity contribution in [2.75, 3.05) is 26.2 Å². The lowest BCUT2D eigenvalue weighted by molar-refractivity contribution is -0.127. The number of hydrogen-bond donors (Lipinski definition) is 0. The molecule has 5 heteroatoms. The highest BCUT2D eigenvalue weighted by molar-refractivity contribution is 6.30. The second-order valence-electron chi connectivity index (χ2n) is 5.35. The molecule has 0 spiro atoms. The number of nitrogens with zero attached hydrogens (tertiary/aromatic N) is 2. The Morgan fingerprint density at radius 3 is 2.05 bits per heavy atom. The predicted molar refractivity (Wildman–Crippen MR) is 83.4 cm³/mol. The third kappa shape index (κ3) is 4.08. The molecule has 1 aliphatic heterocycles. The van der Waals surface area contributed by atoms with Gasteiger partial charge in [0.2, 0.25) is 5.91 Å². The van der Waals surface area contributed by atoms with Gasteiger partial charge in [0.05, 0.1) is 0 Å². The lowest BCUT2D eigenvalue weighted by Crippen LogP contribution is -2.50. The van der Waals surface area contributed by atoms with E-state index in [0.717, 1.165) is 5.57 Å². The van der Waals surface area contributed by atoms with Gasteiger partial charge in [-0.25, -0.2) is 0 Å². The first-order valence-corrected chi connectivity index (χ1v) is 7.34. The largest absolute Gasteiger partial charge is 0.336 e. The quantitative estimate of drug-likeness (QED) is 0.788. The fourth-order valence-corrected chi connectivity index (χ4v) is 2.37. The van der Waals surface area contributed by atoms with Crippen molar-refractivity contribution in [1.29, 1.82) is 0 Å². The van der Waals surface area contributed by atoms with Crippen LogP contribution < -0.4 is 0 Å². The van der Waals surface area contributed by atoms with Gasteiger partial charge in [0, 0.05) is 42.8 Å². The van der Waals surface area contributed by atoms with Gasteiger partial charge in [-0.2, -0.15) is 0 Å². The maximum atomic E-state index is 12.3. The molecule has 2 amide bonds. The summed E-state index contributed by atoms with van der Waals surface area (Å²) in [6, 6.07) is 6.88. The number of benzene rings is 1. The minimum atomic E-state index is -0.0130. The van der Waals surface area contributed by atoms with Gasteiger partial charge in [0.25, 0.3) is 5.91 Å². The van der Waals surface area contributed by atoms with Crippen molar-refractivity contribution in [3.8, 4) is 0 Å². The molecule has 0 unspecified atom stereocenters. The molecule has 0 saturated carbocycles. The van der Waals surface area contributed by atoms with Crippen LogP contribution in [0, 0.1) is 0 Å². The van der Waals surface area contributed by atoms with Crippen LogP contribution in [-0.2, 0) is 4.79 Å². The van der Waals surface area contributed by atoms with E-state index in [2.05, 4.69) is 0 Å². The molecule has 0 aromatic heterocycles. The Balaban J connectivity index is 1.94. The smallest absolute Gasteiger partial charge is 0.253 e. The summed E-state index contributed by atoms with van der Waals surface area (Å²) < 4.78 is 0. The van der Waals surface area contributed by atoms with Gasteiger partial charge < -0.3 is 9.80 Å². The fourth-order valence-electron chi connectivity index (χ4n) is 2.24. The number of halogens is 1. The maximum absolute atomic E-state index is 12.3. The molecule has 1 fully saturated rings. The topological polar surface area (TPSA) is 40.6 Å². The molecule has 0 atom stereocenters. The summed E-state index contributed by atoms with van der Waals surface area (Å²) >= 11 is 5.82. The number of rotatable bonds is 2. The summed E-state index contributed by atoms with van der Waals surface area (Å²) in [6.45, 7) is 6.06. The van der Waals surface area contributed by atoms with Crippen molar-refractivity contribution in [3.63, 3.8) is 0 Å². The molecule has 112 valence electrons. The van der Waals surface area contributed by atoms with Gasteiger partial charge in [0.15, 0.2) is 0 Å². The van der Waals surface area contributed by atoms with Crippen LogP contribution in [0.2, 0.25) is 5.02 Å². The van der Waals surface area contributed by atoms with Crippen LogP contribution in [0.15, 0.2) is 35.9 Å². The van der Waals surface area contributed by atoms with Crippen molar-refractivity contribution >= 4 is 23.4 Å². The molecular formula is C16H19ClN2O2. The van der Waals surface area contributed by atoms with E-state index in [0.29, 0.717) is 36.8 Å². The summed E-state index contributed by atoms with van der Waals surface area (Å²) in [5.41, 5.74) is 1.61. The summed E-state index contributed by atoms with van der Waals surface area (Å²) in [7, 11) is 0. The SMILES string of the molecule is CC(C)=CC(=O)N1CCN(C(=O)c2ccc(Cl)cc2)CC1. The van der Waals surface area contributed by atoms with E-state index >= 15 is 0 Å². The first kappa shape index (κ1) is 15.6. The van der Waals surface area contributed by atoms with Gasteiger partial charge in [-0.1, -0.05) is 17.2 Å². The molecule has 4 nitrogen and oxygen atoms in total. The molecular weight excluding hydrogens is 288 g/mol. The van der Waals surface area contributed by atoms with E-state index < -0.39 is 0 Å². The van der Waals surface area contributed by atoms with Crippen molar-refractivity contribution in [2.24, 2.45) is 0 Å². The van der Waals surface area contributed by atoms with Crippen molar-refractivity contribution < 1.29 is 9.59 Å². The van der Waals surface area contributed by atoms with Crippen molar-refractivity contribution in [1.82, 2.24) is 9.80 Å².